The molecular weight excluding hydrogens is 287 g/mol. The lowest BCUT2D eigenvalue weighted by Gasteiger charge is -2.05. The van der Waals surface area contributed by atoms with Crippen molar-refractivity contribution in [1.29, 1.82) is 0 Å². The Bertz CT molecular complexity index is 579. The quantitative estimate of drug-likeness (QED) is 0.711. The van der Waals surface area contributed by atoms with Gasteiger partial charge in [0, 0.05) is 20.4 Å². The van der Waals surface area contributed by atoms with Crippen molar-refractivity contribution in [3.63, 3.8) is 0 Å². The van der Waals surface area contributed by atoms with Crippen molar-refractivity contribution in [2.75, 3.05) is 0 Å². The molecule has 2 aromatic rings. The van der Waals surface area contributed by atoms with Crippen LogP contribution >= 0.6 is 35.0 Å². The number of hydrogen-bond acceptors (Lipinski definition) is 2. The largest absolute Gasteiger partial charge is 0.295 e. The van der Waals surface area contributed by atoms with Crippen molar-refractivity contribution in [1.82, 2.24) is 0 Å². The molecule has 0 spiro atoms. The molecule has 4 heteroatoms. The fraction of sp³-hybridized carbons (Fsp3) is 0.0714. The number of rotatable bonds is 3. The maximum atomic E-state index is 11.2. The molecule has 0 amide bonds. The summed E-state index contributed by atoms with van der Waals surface area (Å²) < 4.78 is 0. The highest BCUT2D eigenvalue weighted by molar-refractivity contribution is 7.99. The summed E-state index contributed by atoms with van der Waals surface area (Å²) in [7, 11) is 0. The van der Waals surface area contributed by atoms with Crippen molar-refractivity contribution in [2.45, 2.75) is 16.7 Å². The zero-order chi connectivity index (χ0) is 13.1. The zero-order valence-electron chi connectivity index (χ0n) is 9.61. The molecule has 0 aliphatic rings. The van der Waals surface area contributed by atoms with Gasteiger partial charge in [-0.3, -0.25) is 4.79 Å². The molecule has 0 saturated carbocycles. The van der Waals surface area contributed by atoms with E-state index in [2.05, 4.69) is 0 Å². The summed E-state index contributed by atoms with van der Waals surface area (Å²) in [5.41, 5.74) is 0.710. The first-order chi connectivity index (χ1) is 8.56. The van der Waals surface area contributed by atoms with Crippen LogP contribution < -0.4 is 0 Å². The molecule has 2 aromatic carbocycles. The first-order valence-electron chi connectivity index (χ1n) is 5.30. The van der Waals surface area contributed by atoms with E-state index in [9.17, 15) is 4.79 Å². The Labute approximate surface area is 120 Å². The van der Waals surface area contributed by atoms with Gasteiger partial charge in [-0.1, -0.05) is 47.1 Å². The van der Waals surface area contributed by atoms with E-state index in [0.717, 1.165) is 9.79 Å². The Hall–Kier alpha value is -0.960. The zero-order valence-corrected chi connectivity index (χ0v) is 11.9. The molecule has 0 N–H and O–H groups in total. The smallest absolute Gasteiger partial charge is 0.159 e. The minimum Gasteiger partial charge on any atom is -0.295 e. The molecule has 0 unspecified atom stereocenters. The van der Waals surface area contributed by atoms with Crippen LogP contribution in [0.15, 0.2) is 52.3 Å². The molecule has 0 radical (unpaired) electrons. The molecule has 0 aliphatic carbocycles. The van der Waals surface area contributed by atoms with Gasteiger partial charge in [0.2, 0.25) is 0 Å². The van der Waals surface area contributed by atoms with Crippen LogP contribution in [-0.4, -0.2) is 5.78 Å². The van der Waals surface area contributed by atoms with E-state index in [1.54, 1.807) is 30.8 Å². The molecular formula is C14H10Cl2OS. The van der Waals surface area contributed by atoms with Crippen LogP contribution in [0.5, 0.6) is 0 Å². The minimum absolute atomic E-state index is 0.0658. The molecule has 0 atom stereocenters. The third-order valence-corrected chi connectivity index (χ3v) is 4.13. The Morgan fingerprint density at radius 1 is 1.06 bits per heavy atom. The van der Waals surface area contributed by atoms with E-state index in [1.807, 2.05) is 30.3 Å². The summed E-state index contributed by atoms with van der Waals surface area (Å²) in [6.45, 7) is 1.55. The Balaban J connectivity index is 2.21. The second-order valence-corrected chi connectivity index (χ2v) is 5.72. The lowest BCUT2D eigenvalue weighted by Crippen LogP contribution is -1.90. The van der Waals surface area contributed by atoms with Crippen LogP contribution in [0.1, 0.15) is 17.3 Å². The summed E-state index contributed by atoms with van der Waals surface area (Å²) in [6.07, 6.45) is 0. The SMILES string of the molecule is CC(=O)c1ccc(Sc2ccc(Cl)cc2Cl)cc1. The topological polar surface area (TPSA) is 17.1 Å². The van der Waals surface area contributed by atoms with Gasteiger partial charge < -0.3 is 0 Å². The van der Waals surface area contributed by atoms with Crippen molar-refractivity contribution in [3.8, 4) is 0 Å². The highest BCUT2D eigenvalue weighted by Crippen LogP contribution is 2.34. The number of hydrogen-bond donors (Lipinski definition) is 0. The van der Waals surface area contributed by atoms with Crippen LogP contribution in [0.4, 0.5) is 0 Å². The summed E-state index contributed by atoms with van der Waals surface area (Å²) in [6, 6.07) is 12.9. The Morgan fingerprint density at radius 3 is 2.28 bits per heavy atom. The van der Waals surface area contributed by atoms with Gasteiger partial charge >= 0.3 is 0 Å². The molecule has 0 aromatic heterocycles. The van der Waals surface area contributed by atoms with E-state index in [1.165, 1.54) is 0 Å². The number of carbonyl (C=O) groups excluding carboxylic acids is 1. The second kappa shape index (κ2) is 5.79. The van der Waals surface area contributed by atoms with Gasteiger partial charge in [-0.05, 0) is 37.3 Å². The maximum Gasteiger partial charge on any atom is 0.159 e. The first-order valence-corrected chi connectivity index (χ1v) is 6.87. The molecule has 0 saturated heterocycles. The Kier molecular flexibility index (Phi) is 4.33. The predicted octanol–water partition coefficient (Wildman–Crippen LogP) is 5.35. The number of Topliss-reactive ketones (excluding diaryl/α,β-unsaturated/α-hetero) is 1. The molecule has 0 aliphatic heterocycles. The van der Waals surface area contributed by atoms with Gasteiger partial charge in [-0.15, -0.1) is 0 Å². The van der Waals surface area contributed by atoms with E-state index in [-0.39, 0.29) is 5.78 Å². The van der Waals surface area contributed by atoms with Crippen molar-refractivity contribution in [2.24, 2.45) is 0 Å². The van der Waals surface area contributed by atoms with Crippen molar-refractivity contribution >= 4 is 40.7 Å². The molecule has 18 heavy (non-hydrogen) atoms. The standard InChI is InChI=1S/C14H10Cl2OS/c1-9(17)10-2-5-12(6-3-10)18-14-7-4-11(15)8-13(14)16/h2-8H,1H3. The van der Waals surface area contributed by atoms with Crippen LogP contribution in [-0.2, 0) is 0 Å². The van der Waals surface area contributed by atoms with Gasteiger partial charge in [0.1, 0.15) is 0 Å². The molecule has 2 rings (SSSR count). The van der Waals surface area contributed by atoms with E-state index < -0.39 is 0 Å². The third-order valence-electron chi connectivity index (χ3n) is 2.38. The number of benzene rings is 2. The van der Waals surface area contributed by atoms with Gasteiger partial charge in [-0.2, -0.15) is 0 Å². The van der Waals surface area contributed by atoms with Crippen LogP contribution in [0.3, 0.4) is 0 Å². The molecule has 1 nitrogen and oxygen atoms in total. The lowest BCUT2D eigenvalue weighted by molar-refractivity contribution is 0.101. The summed E-state index contributed by atoms with van der Waals surface area (Å²) in [4.78, 5) is 13.1. The predicted molar refractivity (Wildman–Crippen MR) is 77.0 cm³/mol. The first kappa shape index (κ1) is 13.5. The highest BCUT2D eigenvalue weighted by Gasteiger charge is 2.04. The van der Waals surface area contributed by atoms with Crippen molar-refractivity contribution in [3.05, 3.63) is 58.1 Å². The van der Waals surface area contributed by atoms with Gasteiger partial charge in [-0.25, -0.2) is 0 Å². The van der Waals surface area contributed by atoms with E-state index >= 15 is 0 Å². The Morgan fingerprint density at radius 2 is 1.72 bits per heavy atom. The molecule has 0 bridgehead atoms. The fourth-order valence-electron chi connectivity index (χ4n) is 1.44. The molecule has 92 valence electrons. The minimum atomic E-state index is 0.0658. The number of ketones is 1. The summed E-state index contributed by atoms with van der Waals surface area (Å²) >= 11 is 13.5. The van der Waals surface area contributed by atoms with Gasteiger partial charge in [0.15, 0.2) is 5.78 Å². The highest BCUT2D eigenvalue weighted by atomic mass is 35.5. The van der Waals surface area contributed by atoms with Crippen molar-refractivity contribution < 1.29 is 4.79 Å². The lowest BCUT2D eigenvalue weighted by atomic mass is 10.2. The normalized spacial score (nSPS) is 10.4. The molecule has 0 heterocycles. The third kappa shape index (κ3) is 3.29. The average Bonchev–Trinajstić information content (AvgIpc) is 2.33. The monoisotopic (exact) mass is 296 g/mol. The van der Waals surface area contributed by atoms with Crippen LogP contribution in [0, 0.1) is 0 Å². The summed E-state index contributed by atoms with van der Waals surface area (Å²) in [5.74, 6) is 0.0658. The number of carbonyl (C=O) groups is 1. The van der Waals surface area contributed by atoms with E-state index in [4.69, 9.17) is 23.2 Å². The van der Waals surface area contributed by atoms with Crippen LogP contribution in [0.2, 0.25) is 10.0 Å². The van der Waals surface area contributed by atoms with Crippen LogP contribution in [0.25, 0.3) is 0 Å². The van der Waals surface area contributed by atoms with E-state index in [0.29, 0.717) is 15.6 Å². The average molecular weight is 297 g/mol. The maximum absolute atomic E-state index is 11.2. The fourth-order valence-corrected chi connectivity index (χ4v) is 2.79. The van der Waals surface area contributed by atoms with Gasteiger partial charge in [0.25, 0.3) is 0 Å². The summed E-state index contributed by atoms with van der Waals surface area (Å²) in [5, 5.41) is 1.25. The second-order valence-electron chi connectivity index (χ2n) is 3.76. The number of halogens is 2. The van der Waals surface area contributed by atoms with Gasteiger partial charge in [0.05, 0.1) is 5.02 Å². The molecule has 0 fully saturated rings.